The Kier molecular flexibility index (Phi) is 3.21. The molecule has 0 aliphatic carbocycles. The molecular weight excluding hydrogens is 204 g/mol. The van der Waals surface area contributed by atoms with Crippen molar-refractivity contribution in [3.8, 4) is 0 Å². The van der Waals surface area contributed by atoms with Gasteiger partial charge >= 0.3 is 0 Å². The average molecular weight is 214 g/mol. The molecule has 0 fully saturated rings. The van der Waals surface area contributed by atoms with Crippen LogP contribution in [-0.4, -0.2) is 26.3 Å². The van der Waals surface area contributed by atoms with E-state index in [9.17, 15) is 13.2 Å². The van der Waals surface area contributed by atoms with Crippen molar-refractivity contribution < 1.29 is 13.2 Å². The Balaban J connectivity index is 3.03. The molecule has 0 aromatic heterocycles. The van der Waals surface area contributed by atoms with E-state index in [1.54, 1.807) is 18.2 Å². The van der Waals surface area contributed by atoms with Crippen molar-refractivity contribution in [2.45, 2.75) is 4.90 Å². The van der Waals surface area contributed by atoms with Gasteiger partial charge in [-0.3, -0.25) is 10.2 Å². The van der Waals surface area contributed by atoms with Gasteiger partial charge in [0.2, 0.25) is 6.41 Å². The first-order chi connectivity index (χ1) is 6.59. The number of rotatable bonds is 4. The molecule has 1 rings (SSSR count). The Hall–Kier alpha value is -1.40. The van der Waals surface area contributed by atoms with Gasteiger partial charge in [0.25, 0.3) is 10.0 Å². The highest BCUT2D eigenvalue weighted by Crippen LogP contribution is 2.10. The molecule has 1 aromatic carbocycles. The molecule has 0 saturated carbocycles. The van der Waals surface area contributed by atoms with E-state index in [1.807, 2.05) is 5.43 Å². The highest BCUT2D eigenvalue weighted by atomic mass is 32.2. The van der Waals surface area contributed by atoms with Crippen molar-refractivity contribution in [3.63, 3.8) is 0 Å². The number of nitrogens with zero attached hydrogens (tertiary/aromatic N) is 1. The second-order valence-electron chi connectivity index (χ2n) is 2.53. The molecule has 0 saturated heterocycles. The number of carbonyl (C=O) groups excluding carboxylic acids is 1. The number of hydrogen-bond acceptors (Lipinski definition) is 3. The molecule has 1 amide bonds. The second-order valence-corrected chi connectivity index (χ2v) is 4.50. The van der Waals surface area contributed by atoms with Gasteiger partial charge in [0, 0.05) is 7.05 Å². The Morgan fingerprint density at radius 2 is 1.86 bits per heavy atom. The molecule has 6 heteroatoms. The third-order valence-electron chi connectivity index (χ3n) is 1.64. The quantitative estimate of drug-likeness (QED) is 0.565. The molecule has 0 atom stereocenters. The summed E-state index contributed by atoms with van der Waals surface area (Å²) in [7, 11) is -2.35. The lowest BCUT2D eigenvalue weighted by molar-refractivity contribution is -0.111. The lowest BCUT2D eigenvalue weighted by atomic mass is 10.4. The maximum Gasteiger partial charge on any atom is 0.259 e. The van der Waals surface area contributed by atoms with Crippen molar-refractivity contribution in [3.05, 3.63) is 30.3 Å². The van der Waals surface area contributed by atoms with Crippen LogP contribution in [0.2, 0.25) is 0 Å². The lowest BCUT2D eigenvalue weighted by Crippen LogP contribution is -2.38. The van der Waals surface area contributed by atoms with Crippen LogP contribution in [-0.2, 0) is 14.8 Å². The first-order valence-electron chi connectivity index (χ1n) is 3.83. The number of nitrogens with one attached hydrogen (secondary N) is 1. The van der Waals surface area contributed by atoms with Crippen molar-refractivity contribution >= 4 is 16.4 Å². The van der Waals surface area contributed by atoms with Gasteiger partial charge in [-0.05, 0) is 12.1 Å². The summed E-state index contributed by atoms with van der Waals surface area (Å²) in [5, 5.41) is 0. The fraction of sp³-hybridized carbons (Fsp3) is 0.125. The van der Waals surface area contributed by atoms with Gasteiger partial charge < -0.3 is 0 Å². The van der Waals surface area contributed by atoms with Gasteiger partial charge in [-0.1, -0.05) is 18.2 Å². The summed E-state index contributed by atoms with van der Waals surface area (Å²) in [6.07, 6.45) is 0.306. The van der Waals surface area contributed by atoms with Gasteiger partial charge in [0.1, 0.15) is 0 Å². The zero-order valence-corrected chi connectivity index (χ0v) is 8.36. The summed E-state index contributed by atoms with van der Waals surface area (Å²) in [4.78, 5) is 10.2. The molecule has 1 N–H and O–H groups in total. The van der Waals surface area contributed by atoms with Gasteiger partial charge in [-0.15, -0.1) is 4.41 Å². The first-order valence-corrected chi connectivity index (χ1v) is 5.27. The molecule has 0 bridgehead atoms. The molecule has 0 radical (unpaired) electrons. The van der Waals surface area contributed by atoms with E-state index in [1.165, 1.54) is 19.2 Å². The van der Waals surface area contributed by atoms with E-state index in [0.717, 1.165) is 4.41 Å². The molecular formula is C8H10N2O3S. The molecule has 5 nitrogen and oxygen atoms in total. The smallest absolute Gasteiger partial charge is 0.259 e. The summed E-state index contributed by atoms with van der Waals surface area (Å²) in [6.45, 7) is 0. The number of benzene rings is 1. The Bertz CT molecular complexity index is 402. The summed E-state index contributed by atoms with van der Waals surface area (Å²) in [6, 6.07) is 7.85. The molecule has 76 valence electrons. The maximum atomic E-state index is 11.6. The SMILES string of the molecule is CN(NC=O)S(=O)(=O)c1ccccc1. The summed E-state index contributed by atoms with van der Waals surface area (Å²) >= 11 is 0. The maximum absolute atomic E-state index is 11.6. The van der Waals surface area contributed by atoms with Crippen molar-refractivity contribution in [1.82, 2.24) is 9.84 Å². The van der Waals surface area contributed by atoms with E-state index in [2.05, 4.69) is 0 Å². The van der Waals surface area contributed by atoms with E-state index >= 15 is 0 Å². The van der Waals surface area contributed by atoms with Crippen molar-refractivity contribution in [2.24, 2.45) is 0 Å². The Labute approximate surface area is 82.4 Å². The third-order valence-corrected chi connectivity index (χ3v) is 3.33. The normalized spacial score (nSPS) is 11.3. The van der Waals surface area contributed by atoms with Gasteiger partial charge in [0.15, 0.2) is 0 Å². The monoisotopic (exact) mass is 214 g/mol. The molecule has 1 aromatic rings. The van der Waals surface area contributed by atoms with Crippen LogP contribution in [0.3, 0.4) is 0 Å². The summed E-state index contributed by atoms with van der Waals surface area (Å²) < 4.78 is 24.0. The van der Waals surface area contributed by atoms with Crippen LogP contribution >= 0.6 is 0 Å². The van der Waals surface area contributed by atoms with Crippen molar-refractivity contribution in [2.75, 3.05) is 7.05 Å². The van der Waals surface area contributed by atoms with Gasteiger partial charge in [0.05, 0.1) is 4.90 Å². The van der Waals surface area contributed by atoms with Gasteiger partial charge in [-0.25, -0.2) is 8.42 Å². The minimum atomic E-state index is -3.61. The van der Waals surface area contributed by atoms with Crippen LogP contribution < -0.4 is 5.43 Å². The van der Waals surface area contributed by atoms with E-state index in [-0.39, 0.29) is 4.90 Å². The zero-order chi connectivity index (χ0) is 10.6. The summed E-state index contributed by atoms with van der Waals surface area (Å²) in [5.74, 6) is 0. The van der Waals surface area contributed by atoms with Crippen LogP contribution in [0.4, 0.5) is 0 Å². The zero-order valence-electron chi connectivity index (χ0n) is 7.54. The number of amides is 1. The molecule has 0 heterocycles. The highest BCUT2D eigenvalue weighted by Gasteiger charge is 2.19. The predicted octanol–water partition coefficient (Wildman–Crippen LogP) is -0.0319. The lowest BCUT2D eigenvalue weighted by Gasteiger charge is -2.14. The standard InChI is InChI=1S/C8H10N2O3S/c1-10(9-7-11)14(12,13)8-5-3-2-4-6-8/h2-7H,1H3,(H,9,11). The Morgan fingerprint density at radius 1 is 1.29 bits per heavy atom. The van der Waals surface area contributed by atoms with Crippen LogP contribution in [0.5, 0.6) is 0 Å². The topological polar surface area (TPSA) is 66.5 Å². The fourth-order valence-electron chi connectivity index (χ4n) is 0.894. The number of hydrazine groups is 1. The molecule has 0 spiro atoms. The van der Waals surface area contributed by atoms with Crippen LogP contribution in [0.1, 0.15) is 0 Å². The second kappa shape index (κ2) is 4.21. The molecule has 0 aliphatic heterocycles. The first kappa shape index (κ1) is 10.7. The highest BCUT2D eigenvalue weighted by molar-refractivity contribution is 7.89. The average Bonchev–Trinajstić information content (AvgIpc) is 2.19. The van der Waals surface area contributed by atoms with Crippen LogP contribution in [0, 0.1) is 0 Å². The predicted molar refractivity (Wildman–Crippen MR) is 50.6 cm³/mol. The van der Waals surface area contributed by atoms with Gasteiger partial charge in [-0.2, -0.15) is 0 Å². The minimum Gasteiger partial charge on any atom is -0.278 e. The number of hydrogen-bond donors (Lipinski definition) is 1. The molecule has 0 aliphatic rings. The molecule has 14 heavy (non-hydrogen) atoms. The van der Waals surface area contributed by atoms with Crippen molar-refractivity contribution in [1.29, 1.82) is 0 Å². The van der Waals surface area contributed by atoms with E-state index < -0.39 is 10.0 Å². The Morgan fingerprint density at radius 3 is 2.36 bits per heavy atom. The van der Waals surface area contributed by atoms with Crippen LogP contribution in [0.25, 0.3) is 0 Å². The van der Waals surface area contributed by atoms with E-state index in [4.69, 9.17) is 0 Å². The number of sulfonamides is 1. The van der Waals surface area contributed by atoms with E-state index in [0.29, 0.717) is 6.41 Å². The fourth-order valence-corrected chi connectivity index (χ4v) is 1.89. The minimum absolute atomic E-state index is 0.136. The number of carbonyl (C=O) groups is 1. The summed E-state index contributed by atoms with van der Waals surface area (Å²) in [5.41, 5.74) is 2.05. The molecule has 0 unspecified atom stereocenters. The third kappa shape index (κ3) is 2.09. The largest absolute Gasteiger partial charge is 0.278 e. The van der Waals surface area contributed by atoms with Crippen LogP contribution in [0.15, 0.2) is 35.2 Å².